The molecule has 0 aromatic carbocycles. The number of nitrogens with two attached hydrogens (primary N) is 2. The van der Waals surface area contributed by atoms with Gasteiger partial charge in [0.15, 0.2) is 0 Å². The first-order chi connectivity index (χ1) is 12.6. The summed E-state index contributed by atoms with van der Waals surface area (Å²) in [5.74, 6) is -2.83. The molecule has 0 fully saturated rings. The van der Waals surface area contributed by atoms with Crippen molar-refractivity contribution >= 4 is 17.8 Å². The van der Waals surface area contributed by atoms with Crippen LogP contribution in [0.2, 0.25) is 0 Å². The molecule has 0 aromatic rings. The van der Waals surface area contributed by atoms with Crippen LogP contribution in [0.3, 0.4) is 0 Å². The number of hydrogen-bond donors (Lipinski definition) is 8. The summed E-state index contributed by atoms with van der Waals surface area (Å²) < 4.78 is 5.44. The van der Waals surface area contributed by atoms with E-state index in [-0.39, 0.29) is 6.42 Å². The number of aliphatic carboxylic acids is 1. The zero-order chi connectivity index (χ0) is 20.7. The third-order valence-electron chi connectivity index (χ3n) is 3.90. The number of carboxylic acids is 1. The Kier molecular flexibility index (Phi) is 8.59. The Hall–Kier alpha value is -2.25. The van der Waals surface area contributed by atoms with Crippen molar-refractivity contribution in [3.05, 3.63) is 11.8 Å². The fraction of sp³-hybridized carbons (Fsp3) is 0.667. The van der Waals surface area contributed by atoms with Gasteiger partial charge in [-0.25, -0.2) is 4.79 Å². The molecule has 1 aliphatic rings. The van der Waals surface area contributed by atoms with Crippen molar-refractivity contribution in [3.8, 4) is 0 Å². The molecule has 12 heteroatoms. The van der Waals surface area contributed by atoms with E-state index in [1.807, 2.05) is 0 Å². The molecule has 0 bridgehead atoms. The Morgan fingerprint density at radius 1 is 1.33 bits per heavy atom. The number of amides is 2. The second kappa shape index (κ2) is 10.2. The summed E-state index contributed by atoms with van der Waals surface area (Å²) in [6.07, 6.45) is -2.52. The predicted octanol–water partition coefficient (Wildman–Crippen LogP) is -3.73. The molecule has 0 saturated heterocycles. The van der Waals surface area contributed by atoms with Crippen molar-refractivity contribution in [1.29, 1.82) is 0 Å². The van der Waals surface area contributed by atoms with Crippen LogP contribution in [-0.4, -0.2) is 76.3 Å². The highest BCUT2D eigenvalue weighted by molar-refractivity contribution is 5.85. The van der Waals surface area contributed by atoms with E-state index in [1.54, 1.807) is 6.92 Å². The van der Waals surface area contributed by atoms with Crippen LogP contribution in [0, 0.1) is 0 Å². The molecule has 0 saturated carbocycles. The van der Waals surface area contributed by atoms with Gasteiger partial charge in [-0.1, -0.05) is 6.92 Å². The Labute approximate surface area is 155 Å². The smallest absolute Gasteiger partial charge is 0.370 e. The van der Waals surface area contributed by atoms with Gasteiger partial charge in [0.1, 0.15) is 18.5 Å². The minimum absolute atomic E-state index is 0.0726. The highest BCUT2D eigenvalue weighted by atomic mass is 16.5. The number of carboxylic acid groups (broad SMARTS) is 1. The van der Waals surface area contributed by atoms with Crippen LogP contribution < -0.4 is 27.4 Å². The highest BCUT2D eigenvalue weighted by Crippen LogP contribution is 2.23. The van der Waals surface area contributed by atoms with Crippen molar-refractivity contribution < 1.29 is 34.4 Å². The minimum atomic E-state index is -1.48. The number of hydrogen-bond acceptors (Lipinski definition) is 9. The standard InChI is InChI=1S/C15H27N5O7/c1-3-10(24)20-12(8(23)5-21)13-11(18-6(2)22)7(19-15(16)17)4-9(27-13)14(25)26/h4,7-8,11-13,15,19,21,23H,3,5,16-17H2,1-2H3,(H,18,22)(H,20,24)(H,25,26). The normalized spacial score (nSPS) is 24.4. The first-order valence-corrected chi connectivity index (χ1v) is 8.35. The molecule has 2 amide bonds. The molecule has 5 atom stereocenters. The number of aliphatic hydroxyl groups is 2. The number of carbonyl (C=O) groups is 3. The van der Waals surface area contributed by atoms with Gasteiger partial charge in [0, 0.05) is 13.3 Å². The van der Waals surface area contributed by atoms with E-state index in [2.05, 4.69) is 16.0 Å². The number of nitrogens with one attached hydrogen (secondary N) is 3. The fourth-order valence-electron chi connectivity index (χ4n) is 2.73. The van der Waals surface area contributed by atoms with Crippen molar-refractivity contribution in [2.45, 2.75) is 56.9 Å². The van der Waals surface area contributed by atoms with Crippen molar-refractivity contribution in [2.24, 2.45) is 11.5 Å². The molecule has 10 N–H and O–H groups in total. The molecule has 0 aromatic heterocycles. The maximum Gasteiger partial charge on any atom is 0.370 e. The monoisotopic (exact) mass is 389 g/mol. The van der Waals surface area contributed by atoms with E-state index in [4.69, 9.17) is 16.2 Å². The molecule has 0 aliphatic carbocycles. The molecule has 1 heterocycles. The third kappa shape index (κ3) is 6.45. The van der Waals surface area contributed by atoms with Crippen LogP contribution in [0.1, 0.15) is 20.3 Å². The molecule has 12 nitrogen and oxygen atoms in total. The number of aliphatic hydroxyl groups excluding tert-OH is 2. The van der Waals surface area contributed by atoms with Crippen LogP contribution >= 0.6 is 0 Å². The van der Waals surface area contributed by atoms with Crippen LogP contribution in [0.5, 0.6) is 0 Å². The molecular formula is C15H27N5O7. The molecule has 27 heavy (non-hydrogen) atoms. The molecule has 0 spiro atoms. The average Bonchev–Trinajstić information content (AvgIpc) is 2.59. The van der Waals surface area contributed by atoms with Crippen LogP contribution in [-0.2, 0) is 19.1 Å². The van der Waals surface area contributed by atoms with Gasteiger partial charge < -0.3 is 42.2 Å². The lowest BCUT2D eigenvalue weighted by Gasteiger charge is -2.42. The first-order valence-electron chi connectivity index (χ1n) is 8.35. The summed E-state index contributed by atoms with van der Waals surface area (Å²) in [5, 5.41) is 36.6. The maximum atomic E-state index is 11.9. The van der Waals surface area contributed by atoms with E-state index in [1.165, 1.54) is 13.0 Å². The summed E-state index contributed by atoms with van der Waals surface area (Å²) in [6.45, 7) is 2.07. The van der Waals surface area contributed by atoms with E-state index in [9.17, 15) is 29.7 Å². The Morgan fingerprint density at radius 2 is 1.96 bits per heavy atom. The van der Waals surface area contributed by atoms with Crippen molar-refractivity contribution in [1.82, 2.24) is 16.0 Å². The number of carbonyl (C=O) groups excluding carboxylic acids is 2. The zero-order valence-corrected chi connectivity index (χ0v) is 15.1. The molecule has 5 unspecified atom stereocenters. The Balaban J connectivity index is 3.36. The van der Waals surface area contributed by atoms with E-state index in [0.29, 0.717) is 0 Å². The molecule has 1 aliphatic heterocycles. The van der Waals surface area contributed by atoms with Crippen LogP contribution in [0.25, 0.3) is 0 Å². The molecular weight excluding hydrogens is 362 g/mol. The van der Waals surface area contributed by atoms with Crippen LogP contribution in [0.15, 0.2) is 11.8 Å². The van der Waals surface area contributed by atoms with Gasteiger partial charge in [-0.15, -0.1) is 0 Å². The van der Waals surface area contributed by atoms with E-state index < -0.39 is 66.8 Å². The summed E-state index contributed by atoms with van der Waals surface area (Å²) in [7, 11) is 0. The fourth-order valence-corrected chi connectivity index (χ4v) is 2.73. The first kappa shape index (κ1) is 22.8. The van der Waals surface area contributed by atoms with Gasteiger partial charge >= 0.3 is 5.97 Å². The van der Waals surface area contributed by atoms with E-state index >= 15 is 0 Å². The van der Waals surface area contributed by atoms with Gasteiger partial charge in [0.05, 0.1) is 24.7 Å². The number of ether oxygens (including phenoxy) is 1. The van der Waals surface area contributed by atoms with E-state index in [0.717, 1.165) is 0 Å². The maximum absolute atomic E-state index is 11.9. The van der Waals surface area contributed by atoms with Gasteiger partial charge in [0.2, 0.25) is 17.6 Å². The average molecular weight is 389 g/mol. The van der Waals surface area contributed by atoms with Gasteiger partial charge in [-0.3, -0.25) is 14.9 Å². The lowest BCUT2D eigenvalue weighted by molar-refractivity contribution is -0.141. The van der Waals surface area contributed by atoms with Crippen LogP contribution in [0.4, 0.5) is 0 Å². The van der Waals surface area contributed by atoms with Crippen molar-refractivity contribution in [2.75, 3.05) is 6.61 Å². The molecule has 154 valence electrons. The Morgan fingerprint density at radius 3 is 2.41 bits per heavy atom. The van der Waals surface area contributed by atoms with Gasteiger partial charge in [-0.05, 0) is 6.08 Å². The summed E-state index contributed by atoms with van der Waals surface area (Å²) >= 11 is 0. The quantitative estimate of drug-likeness (QED) is 0.181. The SMILES string of the molecule is CCC(=O)NC(C(O)CO)C1OC(C(=O)O)=CC(NC(N)N)C1NC(C)=O. The predicted molar refractivity (Wildman–Crippen MR) is 92.6 cm³/mol. The molecule has 0 radical (unpaired) electrons. The summed E-state index contributed by atoms with van der Waals surface area (Å²) in [6, 6.07) is -3.06. The Bertz CT molecular complexity index is 583. The highest BCUT2D eigenvalue weighted by Gasteiger charge is 2.44. The largest absolute Gasteiger partial charge is 0.479 e. The number of rotatable bonds is 9. The lowest BCUT2D eigenvalue weighted by Crippen LogP contribution is -2.68. The summed E-state index contributed by atoms with van der Waals surface area (Å²) in [5.41, 5.74) is 11.0. The zero-order valence-electron chi connectivity index (χ0n) is 15.1. The molecule has 1 rings (SSSR count). The third-order valence-corrected chi connectivity index (χ3v) is 3.90. The minimum Gasteiger partial charge on any atom is -0.479 e. The lowest BCUT2D eigenvalue weighted by atomic mass is 9.90. The van der Waals surface area contributed by atoms with Crippen molar-refractivity contribution in [3.63, 3.8) is 0 Å². The van der Waals surface area contributed by atoms with Gasteiger partial charge in [0.25, 0.3) is 0 Å². The topological polar surface area (TPSA) is 209 Å². The second-order valence-electron chi connectivity index (χ2n) is 6.06. The second-order valence-corrected chi connectivity index (χ2v) is 6.06. The summed E-state index contributed by atoms with van der Waals surface area (Å²) in [4.78, 5) is 34.9. The van der Waals surface area contributed by atoms with Gasteiger partial charge in [-0.2, -0.15) is 0 Å².